The van der Waals surface area contributed by atoms with Gasteiger partial charge < -0.3 is 9.84 Å². The van der Waals surface area contributed by atoms with Crippen molar-refractivity contribution in [2.24, 2.45) is 0 Å². The molecular formula is C20H17NO5S. The van der Waals surface area contributed by atoms with E-state index in [0.29, 0.717) is 17.0 Å². The van der Waals surface area contributed by atoms with Gasteiger partial charge in [0.1, 0.15) is 5.75 Å². The highest BCUT2D eigenvalue weighted by Gasteiger charge is 2.36. The van der Waals surface area contributed by atoms with Crippen LogP contribution in [0.15, 0.2) is 47.4 Å². The molecule has 1 fully saturated rings. The number of carboxylic acids is 1. The quantitative estimate of drug-likeness (QED) is 0.786. The van der Waals surface area contributed by atoms with Gasteiger partial charge in [0.15, 0.2) is 6.61 Å². The van der Waals surface area contributed by atoms with Crippen molar-refractivity contribution in [2.75, 3.05) is 11.5 Å². The number of para-hydroxylation sites is 1. The number of aryl methyl sites for hydroxylation is 2. The van der Waals surface area contributed by atoms with Gasteiger partial charge in [0, 0.05) is 5.56 Å². The van der Waals surface area contributed by atoms with Gasteiger partial charge in [0.05, 0.1) is 10.6 Å². The summed E-state index contributed by atoms with van der Waals surface area (Å²) in [6.45, 7) is 3.39. The summed E-state index contributed by atoms with van der Waals surface area (Å²) in [4.78, 5) is 37.3. The molecule has 2 aromatic rings. The Bertz CT molecular complexity index is 967. The Kier molecular flexibility index (Phi) is 5.32. The van der Waals surface area contributed by atoms with Crippen LogP contribution >= 0.6 is 11.8 Å². The van der Waals surface area contributed by atoms with Crippen LogP contribution in [0.4, 0.5) is 10.5 Å². The zero-order chi connectivity index (χ0) is 19.6. The Morgan fingerprint density at radius 3 is 2.59 bits per heavy atom. The van der Waals surface area contributed by atoms with Gasteiger partial charge in [-0.3, -0.25) is 9.59 Å². The van der Waals surface area contributed by atoms with Gasteiger partial charge in [-0.1, -0.05) is 24.3 Å². The highest BCUT2D eigenvalue weighted by atomic mass is 32.2. The molecule has 0 bridgehead atoms. The number of ether oxygens (including phenoxy) is 1. The molecule has 2 amide bonds. The maximum Gasteiger partial charge on any atom is 0.341 e. The number of hydrogen-bond acceptors (Lipinski definition) is 5. The number of rotatable bonds is 5. The number of benzene rings is 2. The molecule has 0 atom stereocenters. The molecule has 7 heteroatoms. The molecule has 1 saturated heterocycles. The number of carbonyl (C=O) groups is 3. The molecule has 2 aromatic carbocycles. The minimum Gasteiger partial charge on any atom is -0.481 e. The highest BCUT2D eigenvalue weighted by molar-refractivity contribution is 8.19. The lowest BCUT2D eigenvalue weighted by atomic mass is 10.1. The molecule has 27 heavy (non-hydrogen) atoms. The van der Waals surface area contributed by atoms with E-state index in [1.807, 2.05) is 19.9 Å². The molecule has 0 spiro atoms. The number of thioether (sulfide) groups is 1. The smallest absolute Gasteiger partial charge is 0.341 e. The summed E-state index contributed by atoms with van der Waals surface area (Å²) in [6, 6.07) is 12.2. The fourth-order valence-corrected chi connectivity index (χ4v) is 3.40. The molecule has 1 N–H and O–H groups in total. The van der Waals surface area contributed by atoms with E-state index in [0.717, 1.165) is 27.8 Å². The first-order chi connectivity index (χ1) is 12.9. The van der Waals surface area contributed by atoms with Crippen molar-refractivity contribution in [1.29, 1.82) is 0 Å². The Balaban J connectivity index is 1.91. The molecule has 138 valence electrons. The van der Waals surface area contributed by atoms with Crippen LogP contribution in [0.1, 0.15) is 16.7 Å². The third kappa shape index (κ3) is 4.03. The van der Waals surface area contributed by atoms with Crippen LogP contribution in [0.5, 0.6) is 5.75 Å². The second kappa shape index (κ2) is 7.67. The molecule has 0 aliphatic carbocycles. The minimum absolute atomic E-state index is 0.254. The molecule has 1 aliphatic heterocycles. The van der Waals surface area contributed by atoms with Crippen molar-refractivity contribution in [3.05, 3.63) is 64.1 Å². The minimum atomic E-state index is -1.10. The molecule has 1 aliphatic rings. The third-order valence-corrected chi connectivity index (χ3v) is 4.97. The Morgan fingerprint density at radius 1 is 1.15 bits per heavy atom. The topological polar surface area (TPSA) is 83.9 Å². The average Bonchev–Trinajstić information content (AvgIpc) is 2.90. The number of aliphatic carboxylic acids is 1. The van der Waals surface area contributed by atoms with E-state index >= 15 is 0 Å². The number of nitrogens with zero attached hydrogens (tertiary/aromatic N) is 1. The van der Waals surface area contributed by atoms with Crippen LogP contribution in [-0.4, -0.2) is 28.8 Å². The fourth-order valence-electron chi connectivity index (χ4n) is 2.57. The average molecular weight is 383 g/mol. The largest absolute Gasteiger partial charge is 0.481 e. The zero-order valence-electron chi connectivity index (χ0n) is 14.8. The van der Waals surface area contributed by atoms with Crippen molar-refractivity contribution < 1.29 is 24.2 Å². The van der Waals surface area contributed by atoms with Crippen molar-refractivity contribution in [3.63, 3.8) is 0 Å². The van der Waals surface area contributed by atoms with Crippen LogP contribution in [-0.2, 0) is 9.59 Å². The van der Waals surface area contributed by atoms with Gasteiger partial charge in [-0.15, -0.1) is 0 Å². The van der Waals surface area contributed by atoms with E-state index in [1.165, 1.54) is 0 Å². The summed E-state index contributed by atoms with van der Waals surface area (Å²) in [6.07, 6.45) is 1.54. The van der Waals surface area contributed by atoms with Crippen LogP contribution in [0, 0.1) is 13.8 Å². The maximum absolute atomic E-state index is 12.8. The summed E-state index contributed by atoms with van der Waals surface area (Å²) >= 11 is 0.841. The second-order valence-corrected chi connectivity index (χ2v) is 7.00. The number of carboxylic acid groups (broad SMARTS) is 1. The lowest BCUT2D eigenvalue weighted by Gasteiger charge is -2.14. The number of amides is 2. The summed E-state index contributed by atoms with van der Waals surface area (Å²) in [7, 11) is 0. The van der Waals surface area contributed by atoms with E-state index in [4.69, 9.17) is 9.84 Å². The number of carbonyl (C=O) groups excluding carboxylic acids is 2. The molecule has 3 rings (SSSR count). The zero-order valence-corrected chi connectivity index (χ0v) is 15.6. The summed E-state index contributed by atoms with van der Waals surface area (Å²) in [5.41, 5.74) is 3.12. The van der Waals surface area contributed by atoms with Gasteiger partial charge in [-0.05, 0) is 61.0 Å². The van der Waals surface area contributed by atoms with Crippen LogP contribution in [0.25, 0.3) is 6.08 Å². The molecule has 0 saturated carbocycles. The first-order valence-electron chi connectivity index (χ1n) is 8.15. The first kappa shape index (κ1) is 18.7. The number of imide groups is 1. The van der Waals surface area contributed by atoms with E-state index in [-0.39, 0.29) is 10.1 Å². The van der Waals surface area contributed by atoms with Crippen LogP contribution < -0.4 is 9.64 Å². The normalized spacial score (nSPS) is 15.5. The lowest BCUT2D eigenvalue weighted by Crippen LogP contribution is -2.27. The molecule has 1 heterocycles. The standard InChI is InChI=1S/C20H17NO5S/c1-12-7-8-15(9-13(12)2)21-19(24)17(27-20(21)25)10-14-5-3-4-6-16(14)26-11-18(22)23/h3-10H,11H2,1-2H3,(H,22,23)/b17-10+. The van der Waals surface area contributed by atoms with Crippen LogP contribution in [0.3, 0.4) is 0 Å². The Labute approximate surface area is 160 Å². The van der Waals surface area contributed by atoms with Gasteiger partial charge in [-0.2, -0.15) is 0 Å². The lowest BCUT2D eigenvalue weighted by molar-refractivity contribution is -0.139. The Hall–Kier alpha value is -3.06. The Morgan fingerprint density at radius 2 is 1.89 bits per heavy atom. The number of anilines is 1. The molecule has 0 radical (unpaired) electrons. The van der Waals surface area contributed by atoms with Gasteiger partial charge in [-0.25, -0.2) is 9.69 Å². The first-order valence-corrected chi connectivity index (χ1v) is 8.97. The summed E-state index contributed by atoms with van der Waals surface area (Å²) in [5.74, 6) is -1.18. The van der Waals surface area contributed by atoms with E-state index < -0.39 is 18.5 Å². The molecular weight excluding hydrogens is 366 g/mol. The fraction of sp³-hybridized carbons (Fsp3) is 0.150. The van der Waals surface area contributed by atoms with E-state index in [2.05, 4.69) is 0 Å². The van der Waals surface area contributed by atoms with Crippen molar-refractivity contribution >= 4 is 40.6 Å². The third-order valence-electron chi connectivity index (χ3n) is 4.10. The highest BCUT2D eigenvalue weighted by Crippen LogP contribution is 2.37. The van der Waals surface area contributed by atoms with E-state index in [1.54, 1.807) is 42.5 Å². The van der Waals surface area contributed by atoms with Gasteiger partial charge in [0.25, 0.3) is 11.1 Å². The van der Waals surface area contributed by atoms with Crippen LogP contribution in [0.2, 0.25) is 0 Å². The van der Waals surface area contributed by atoms with Crippen molar-refractivity contribution in [1.82, 2.24) is 0 Å². The van der Waals surface area contributed by atoms with Gasteiger partial charge >= 0.3 is 5.97 Å². The predicted octanol–water partition coefficient (Wildman–Crippen LogP) is 4.01. The molecule has 0 aromatic heterocycles. The number of hydrogen-bond donors (Lipinski definition) is 1. The predicted molar refractivity (Wildman–Crippen MR) is 104 cm³/mol. The van der Waals surface area contributed by atoms with Gasteiger partial charge in [0.2, 0.25) is 0 Å². The summed E-state index contributed by atoms with van der Waals surface area (Å²) < 4.78 is 5.25. The van der Waals surface area contributed by atoms with E-state index in [9.17, 15) is 14.4 Å². The maximum atomic E-state index is 12.8. The summed E-state index contributed by atoms with van der Waals surface area (Å²) in [5, 5.41) is 8.40. The second-order valence-electron chi connectivity index (χ2n) is 6.01. The SMILES string of the molecule is Cc1ccc(N2C(=O)S/C(=C/c3ccccc3OCC(=O)O)C2=O)cc1C. The monoisotopic (exact) mass is 383 g/mol. The molecule has 6 nitrogen and oxygen atoms in total. The van der Waals surface area contributed by atoms with Crippen molar-refractivity contribution in [3.8, 4) is 5.75 Å². The van der Waals surface area contributed by atoms with Crippen molar-refractivity contribution in [2.45, 2.75) is 13.8 Å². The molecule has 0 unspecified atom stereocenters.